The van der Waals surface area contributed by atoms with E-state index in [9.17, 15) is 4.79 Å². The summed E-state index contributed by atoms with van der Waals surface area (Å²) in [7, 11) is 2.14. The fourth-order valence-corrected chi connectivity index (χ4v) is 3.72. The highest BCUT2D eigenvalue weighted by Crippen LogP contribution is 2.19. The van der Waals surface area contributed by atoms with E-state index < -0.39 is 0 Å². The fraction of sp³-hybridized carbons (Fsp3) is 0.947. The van der Waals surface area contributed by atoms with Crippen LogP contribution in [-0.4, -0.2) is 56.5 Å². The van der Waals surface area contributed by atoms with Crippen LogP contribution in [0.15, 0.2) is 0 Å². The lowest BCUT2D eigenvalue weighted by atomic mass is 9.99. The van der Waals surface area contributed by atoms with E-state index in [4.69, 9.17) is 9.47 Å². The van der Waals surface area contributed by atoms with Crippen LogP contribution in [0.1, 0.15) is 70.6 Å². The molecule has 0 aromatic heterocycles. The number of morpholine rings is 1. The van der Waals surface area contributed by atoms with Crippen LogP contribution < -0.4 is 0 Å². The van der Waals surface area contributed by atoms with Crippen molar-refractivity contribution in [3.63, 3.8) is 0 Å². The molecule has 0 aromatic rings. The predicted molar refractivity (Wildman–Crippen MR) is 92.3 cm³/mol. The first-order valence-corrected chi connectivity index (χ1v) is 9.79. The van der Waals surface area contributed by atoms with Crippen LogP contribution in [0.3, 0.4) is 0 Å². The molecule has 1 aliphatic carbocycles. The number of nitrogens with zero attached hydrogens (tertiary/aromatic N) is 1. The zero-order valence-corrected chi connectivity index (χ0v) is 15.1. The SMILES string of the molecule is C[N+]1(CC(=O)OC2CCCCCCCCCCC2)CCOCC1. The standard InChI is InChI=1S/C19H36NO3/c1-20(13-15-22-16-14-20)17-19(21)23-18-11-9-7-5-3-2-4-6-8-10-12-18/h18H,2-17H2,1H3/q+1. The molecule has 2 aliphatic rings. The molecule has 0 aromatic carbocycles. The van der Waals surface area contributed by atoms with Gasteiger partial charge in [-0.3, -0.25) is 0 Å². The molecule has 4 heteroatoms. The van der Waals surface area contributed by atoms with E-state index in [1.165, 1.54) is 57.8 Å². The number of rotatable bonds is 3. The molecule has 134 valence electrons. The molecule has 1 heterocycles. The monoisotopic (exact) mass is 326 g/mol. The van der Waals surface area contributed by atoms with E-state index in [0.717, 1.165) is 43.6 Å². The first-order valence-electron chi connectivity index (χ1n) is 9.79. The number of hydrogen-bond donors (Lipinski definition) is 0. The van der Waals surface area contributed by atoms with E-state index in [0.29, 0.717) is 6.54 Å². The quantitative estimate of drug-likeness (QED) is 0.586. The van der Waals surface area contributed by atoms with E-state index in [1.807, 2.05) is 0 Å². The van der Waals surface area contributed by atoms with E-state index in [1.54, 1.807) is 0 Å². The first-order chi connectivity index (χ1) is 11.2. The summed E-state index contributed by atoms with van der Waals surface area (Å²) < 4.78 is 12.0. The molecule has 0 N–H and O–H groups in total. The Balaban J connectivity index is 1.76. The van der Waals surface area contributed by atoms with Crippen molar-refractivity contribution in [1.29, 1.82) is 0 Å². The van der Waals surface area contributed by atoms with E-state index in [2.05, 4.69) is 7.05 Å². The van der Waals surface area contributed by atoms with Gasteiger partial charge in [0, 0.05) is 0 Å². The molecule has 1 saturated heterocycles. The minimum atomic E-state index is -0.00788. The second kappa shape index (κ2) is 10.3. The number of hydrogen-bond acceptors (Lipinski definition) is 3. The van der Waals surface area contributed by atoms with Crippen LogP contribution in [-0.2, 0) is 14.3 Å². The Morgan fingerprint density at radius 2 is 1.39 bits per heavy atom. The fourth-order valence-electron chi connectivity index (χ4n) is 3.72. The second-order valence-corrected chi connectivity index (χ2v) is 7.71. The minimum absolute atomic E-state index is 0.00788. The molecule has 0 atom stereocenters. The Morgan fingerprint density at radius 3 is 1.91 bits per heavy atom. The first kappa shape index (κ1) is 18.7. The van der Waals surface area contributed by atoms with Gasteiger partial charge in [-0.25, -0.2) is 4.79 Å². The second-order valence-electron chi connectivity index (χ2n) is 7.71. The van der Waals surface area contributed by atoms with Gasteiger partial charge in [0.1, 0.15) is 19.2 Å². The number of carbonyl (C=O) groups excluding carboxylic acids is 1. The molecule has 0 radical (unpaired) electrons. The summed E-state index contributed by atoms with van der Waals surface area (Å²) in [4.78, 5) is 12.4. The molecule has 4 nitrogen and oxygen atoms in total. The maximum Gasteiger partial charge on any atom is 0.362 e. The summed E-state index contributed by atoms with van der Waals surface area (Å²) in [6, 6.07) is 0. The van der Waals surface area contributed by atoms with Gasteiger partial charge >= 0.3 is 5.97 Å². The number of quaternary nitrogens is 1. The molecule has 0 spiro atoms. The van der Waals surface area contributed by atoms with Gasteiger partial charge in [-0.05, 0) is 25.7 Å². The third kappa shape index (κ3) is 7.67. The van der Waals surface area contributed by atoms with Gasteiger partial charge in [0.25, 0.3) is 0 Å². The van der Waals surface area contributed by atoms with Gasteiger partial charge < -0.3 is 14.0 Å². The lowest BCUT2D eigenvalue weighted by molar-refractivity contribution is -0.910. The van der Waals surface area contributed by atoms with Crippen molar-refractivity contribution in [2.45, 2.75) is 76.7 Å². The zero-order valence-electron chi connectivity index (χ0n) is 15.1. The number of esters is 1. The van der Waals surface area contributed by atoms with E-state index in [-0.39, 0.29) is 12.1 Å². The average Bonchev–Trinajstić information content (AvgIpc) is 2.50. The highest BCUT2D eigenvalue weighted by Gasteiger charge is 2.30. The summed E-state index contributed by atoms with van der Waals surface area (Å²) in [6.45, 7) is 3.85. The Hall–Kier alpha value is -0.610. The summed E-state index contributed by atoms with van der Waals surface area (Å²) in [5, 5.41) is 0. The molecular weight excluding hydrogens is 290 g/mol. The normalized spacial score (nSPS) is 25.1. The number of likely N-dealkylation sites (N-methyl/N-ethyl adjacent to an activating group) is 1. The zero-order chi connectivity index (χ0) is 16.4. The third-order valence-electron chi connectivity index (χ3n) is 5.41. The van der Waals surface area contributed by atoms with Gasteiger partial charge in [0.2, 0.25) is 0 Å². The van der Waals surface area contributed by atoms with Crippen molar-refractivity contribution < 1.29 is 18.8 Å². The van der Waals surface area contributed by atoms with Gasteiger partial charge in [-0.2, -0.15) is 0 Å². The van der Waals surface area contributed by atoms with Crippen LogP contribution in [0.4, 0.5) is 0 Å². The molecule has 1 aliphatic heterocycles. The Labute approximate surface area is 142 Å². The Kier molecular flexibility index (Phi) is 8.38. The Bertz CT molecular complexity index is 328. The number of carbonyl (C=O) groups is 1. The lowest BCUT2D eigenvalue weighted by Gasteiger charge is -2.36. The third-order valence-corrected chi connectivity index (χ3v) is 5.41. The highest BCUT2D eigenvalue weighted by atomic mass is 16.5. The molecule has 1 saturated carbocycles. The summed E-state index contributed by atoms with van der Waals surface area (Å²) in [6.07, 6.45) is 14.1. The van der Waals surface area contributed by atoms with Crippen LogP contribution >= 0.6 is 0 Å². The molecular formula is C19H36NO3+. The smallest absolute Gasteiger partial charge is 0.362 e. The van der Waals surface area contributed by atoms with Crippen molar-refractivity contribution in [2.75, 3.05) is 39.9 Å². The summed E-state index contributed by atoms with van der Waals surface area (Å²) in [5.41, 5.74) is 0. The predicted octanol–water partition coefficient (Wildman–Crippen LogP) is 3.68. The van der Waals surface area contributed by atoms with Crippen molar-refractivity contribution in [2.24, 2.45) is 0 Å². The molecule has 0 bridgehead atoms. The largest absolute Gasteiger partial charge is 0.458 e. The maximum atomic E-state index is 12.4. The number of ether oxygens (including phenoxy) is 2. The van der Waals surface area contributed by atoms with Crippen LogP contribution in [0, 0.1) is 0 Å². The van der Waals surface area contributed by atoms with Crippen LogP contribution in [0.2, 0.25) is 0 Å². The molecule has 2 fully saturated rings. The van der Waals surface area contributed by atoms with Gasteiger partial charge in [0.05, 0.1) is 20.3 Å². The van der Waals surface area contributed by atoms with Crippen molar-refractivity contribution in [1.82, 2.24) is 0 Å². The van der Waals surface area contributed by atoms with Crippen LogP contribution in [0.5, 0.6) is 0 Å². The molecule has 23 heavy (non-hydrogen) atoms. The average molecular weight is 327 g/mol. The van der Waals surface area contributed by atoms with Crippen molar-refractivity contribution in [3.8, 4) is 0 Å². The summed E-state index contributed by atoms with van der Waals surface area (Å²) in [5.74, 6) is -0.00788. The van der Waals surface area contributed by atoms with Crippen LogP contribution in [0.25, 0.3) is 0 Å². The highest BCUT2D eigenvalue weighted by molar-refractivity contribution is 5.70. The van der Waals surface area contributed by atoms with Gasteiger partial charge in [-0.1, -0.05) is 44.9 Å². The molecule has 0 amide bonds. The minimum Gasteiger partial charge on any atom is -0.458 e. The van der Waals surface area contributed by atoms with Gasteiger partial charge in [-0.15, -0.1) is 0 Å². The van der Waals surface area contributed by atoms with Crippen molar-refractivity contribution in [3.05, 3.63) is 0 Å². The lowest BCUT2D eigenvalue weighted by Crippen LogP contribution is -2.54. The van der Waals surface area contributed by atoms with Crippen molar-refractivity contribution >= 4 is 5.97 Å². The molecule has 2 rings (SSSR count). The van der Waals surface area contributed by atoms with E-state index >= 15 is 0 Å². The maximum absolute atomic E-state index is 12.4. The Morgan fingerprint density at radius 1 is 0.913 bits per heavy atom. The topological polar surface area (TPSA) is 35.5 Å². The summed E-state index contributed by atoms with van der Waals surface area (Å²) >= 11 is 0. The van der Waals surface area contributed by atoms with Gasteiger partial charge in [0.15, 0.2) is 6.54 Å². The molecule has 0 unspecified atom stereocenters.